The maximum Gasteiger partial charge on any atom is 0.416 e. The summed E-state index contributed by atoms with van der Waals surface area (Å²) in [6, 6.07) is 5.03. The summed E-state index contributed by atoms with van der Waals surface area (Å²) in [5.74, 6) is 0.327. The number of halogens is 3. The van der Waals surface area contributed by atoms with E-state index >= 15 is 0 Å². The van der Waals surface area contributed by atoms with Gasteiger partial charge in [0.05, 0.1) is 23.9 Å². The highest BCUT2D eigenvalue weighted by Gasteiger charge is 2.30. The second-order valence-electron chi connectivity index (χ2n) is 7.64. The van der Waals surface area contributed by atoms with Gasteiger partial charge in [-0.2, -0.15) is 18.3 Å². The molecule has 3 heterocycles. The third kappa shape index (κ3) is 3.98. The van der Waals surface area contributed by atoms with Crippen LogP contribution < -0.4 is 11.2 Å². The van der Waals surface area contributed by atoms with Crippen molar-refractivity contribution in [2.24, 2.45) is 0 Å². The Kier molecular flexibility index (Phi) is 5.73. The van der Waals surface area contributed by atoms with Crippen LogP contribution in [-0.4, -0.2) is 28.5 Å². The normalized spacial score (nSPS) is 12.1. The van der Waals surface area contributed by atoms with Crippen molar-refractivity contribution < 1.29 is 13.2 Å². The van der Waals surface area contributed by atoms with Gasteiger partial charge in [0.1, 0.15) is 5.82 Å². The Balaban J connectivity index is 1.76. The van der Waals surface area contributed by atoms with Crippen LogP contribution >= 0.6 is 0 Å². The SMILES string of the molecule is [CH2]n1c(-c2cnn(Cc3cccc(C(F)(F)F)c3)c2)nc2c1c(=O)n(CCC)c(=O)n2CC. The Bertz CT molecular complexity index is 1440. The van der Waals surface area contributed by atoms with Crippen LogP contribution in [0, 0.1) is 7.05 Å². The van der Waals surface area contributed by atoms with E-state index in [1.54, 1.807) is 19.2 Å². The lowest BCUT2D eigenvalue weighted by molar-refractivity contribution is -0.137. The van der Waals surface area contributed by atoms with E-state index in [9.17, 15) is 22.8 Å². The minimum absolute atomic E-state index is 0.115. The zero-order chi connectivity index (χ0) is 23.9. The largest absolute Gasteiger partial charge is 0.416 e. The van der Waals surface area contributed by atoms with E-state index in [0.29, 0.717) is 29.9 Å². The van der Waals surface area contributed by atoms with Crippen LogP contribution in [0.1, 0.15) is 31.4 Å². The predicted molar refractivity (Wildman–Crippen MR) is 117 cm³/mol. The van der Waals surface area contributed by atoms with Crippen molar-refractivity contribution in [3.63, 3.8) is 0 Å². The van der Waals surface area contributed by atoms with E-state index in [0.717, 1.165) is 12.1 Å². The molecule has 0 bridgehead atoms. The highest BCUT2D eigenvalue weighted by Crippen LogP contribution is 2.30. The zero-order valence-electron chi connectivity index (χ0n) is 18.1. The highest BCUT2D eigenvalue weighted by molar-refractivity contribution is 5.77. The van der Waals surface area contributed by atoms with Gasteiger partial charge in [0, 0.05) is 26.3 Å². The van der Waals surface area contributed by atoms with E-state index in [1.165, 1.54) is 30.6 Å². The number of fused-ring (bicyclic) bond motifs is 1. The molecule has 3 aromatic heterocycles. The van der Waals surface area contributed by atoms with Gasteiger partial charge in [0.25, 0.3) is 5.56 Å². The second-order valence-corrected chi connectivity index (χ2v) is 7.64. The average Bonchev–Trinajstić information content (AvgIpc) is 3.35. The minimum Gasteiger partial charge on any atom is -0.316 e. The molecule has 0 saturated carbocycles. The summed E-state index contributed by atoms with van der Waals surface area (Å²) in [6.07, 6.45) is -0.702. The van der Waals surface area contributed by atoms with Crippen LogP contribution in [0.5, 0.6) is 0 Å². The van der Waals surface area contributed by atoms with Gasteiger partial charge < -0.3 is 4.57 Å². The van der Waals surface area contributed by atoms with Gasteiger partial charge in [-0.1, -0.05) is 19.1 Å². The number of alkyl halides is 3. The molecule has 0 N–H and O–H groups in total. The number of nitrogens with zero attached hydrogens (tertiary/aromatic N) is 6. The van der Waals surface area contributed by atoms with Crippen LogP contribution in [0.4, 0.5) is 13.2 Å². The fourth-order valence-electron chi connectivity index (χ4n) is 3.82. The van der Waals surface area contributed by atoms with Gasteiger partial charge in [-0.15, -0.1) is 0 Å². The molecule has 0 spiro atoms. The fourth-order valence-corrected chi connectivity index (χ4v) is 3.82. The molecule has 0 saturated heterocycles. The first kappa shape index (κ1) is 22.6. The number of hydrogen-bond donors (Lipinski definition) is 0. The van der Waals surface area contributed by atoms with Crippen molar-refractivity contribution in [2.75, 3.05) is 0 Å². The van der Waals surface area contributed by atoms with E-state index < -0.39 is 23.0 Å². The molecular weight excluding hydrogens is 437 g/mol. The molecule has 0 aliphatic carbocycles. The molecule has 11 heteroatoms. The number of rotatable bonds is 6. The molecule has 1 aromatic carbocycles. The van der Waals surface area contributed by atoms with Crippen LogP contribution in [0.3, 0.4) is 0 Å². The van der Waals surface area contributed by atoms with Crippen LogP contribution in [0.25, 0.3) is 22.6 Å². The van der Waals surface area contributed by atoms with Crippen LogP contribution in [0.2, 0.25) is 0 Å². The molecule has 0 aliphatic rings. The number of hydrogen-bond acceptors (Lipinski definition) is 4. The third-order valence-electron chi connectivity index (χ3n) is 5.37. The van der Waals surface area contributed by atoms with Gasteiger partial charge in [0.2, 0.25) is 0 Å². The van der Waals surface area contributed by atoms with Crippen LogP contribution in [-0.2, 0) is 25.8 Å². The van der Waals surface area contributed by atoms with Crippen LogP contribution in [0.15, 0.2) is 46.2 Å². The van der Waals surface area contributed by atoms with E-state index in [-0.39, 0.29) is 24.3 Å². The summed E-state index contributed by atoms with van der Waals surface area (Å²) < 4.78 is 44.4. The van der Waals surface area contributed by atoms with Crippen molar-refractivity contribution in [3.8, 4) is 11.4 Å². The quantitative estimate of drug-likeness (QED) is 0.443. The Morgan fingerprint density at radius 3 is 2.55 bits per heavy atom. The molecule has 0 aliphatic heterocycles. The van der Waals surface area contributed by atoms with Crippen molar-refractivity contribution in [2.45, 2.75) is 46.1 Å². The predicted octanol–water partition coefficient (Wildman–Crippen LogP) is 3.36. The first-order valence-corrected chi connectivity index (χ1v) is 10.4. The van der Waals surface area contributed by atoms with Gasteiger partial charge in [-0.25, -0.2) is 9.78 Å². The lowest BCUT2D eigenvalue weighted by Crippen LogP contribution is -2.40. The Labute approximate surface area is 186 Å². The molecule has 0 fully saturated rings. The molecule has 1 radical (unpaired) electrons. The number of imidazole rings is 1. The summed E-state index contributed by atoms with van der Waals surface area (Å²) in [7, 11) is 3.95. The lowest BCUT2D eigenvalue weighted by atomic mass is 10.1. The first-order chi connectivity index (χ1) is 15.7. The molecule has 173 valence electrons. The van der Waals surface area contributed by atoms with E-state index in [1.807, 2.05) is 6.92 Å². The van der Waals surface area contributed by atoms with E-state index in [2.05, 4.69) is 17.1 Å². The van der Waals surface area contributed by atoms with Crippen molar-refractivity contribution in [1.29, 1.82) is 0 Å². The summed E-state index contributed by atoms with van der Waals surface area (Å²) >= 11 is 0. The summed E-state index contributed by atoms with van der Waals surface area (Å²) in [6.45, 7) is 4.38. The topological polar surface area (TPSA) is 79.6 Å². The first-order valence-electron chi connectivity index (χ1n) is 10.4. The average molecular weight is 459 g/mol. The van der Waals surface area contributed by atoms with E-state index in [4.69, 9.17) is 0 Å². The molecule has 0 unspecified atom stereocenters. The summed E-state index contributed by atoms with van der Waals surface area (Å²) in [5, 5.41) is 4.22. The Morgan fingerprint density at radius 1 is 1.12 bits per heavy atom. The smallest absolute Gasteiger partial charge is 0.316 e. The lowest BCUT2D eigenvalue weighted by Gasteiger charge is -2.09. The minimum atomic E-state index is -4.43. The molecule has 4 rings (SSSR count). The molecule has 0 atom stereocenters. The van der Waals surface area contributed by atoms with Crippen molar-refractivity contribution in [3.05, 3.63) is 75.7 Å². The Morgan fingerprint density at radius 2 is 1.88 bits per heavy atom. The standard InChI is InChI=1S/C22H22F3N6O2/c1-4-9-31-20(32)17-19(30(5-2)21(31)33)27-18(28(17)3)15-11-26-29(13-15)12-14-7-6-8-16(10-14)22(23,24)25/h6-8,10-11,13H,3-5,9,12H2,1-2H3. The molecule has 33 heavy (non-hydrogen) atoms. The zero-order valence-corrected chi connectivity index (χ0v) is 18.1. The summed E-state index contributed by atoms with van der Waals surface area (Å²) in [4.78, 5) is 30.2. The molecule has 8 nitrogen and oxygen atoms in total. The van der Waals surface area contributed by atoms with Gasteiger partial charge in [0.15, 0.2) is 11.2 Å². The summed E-state index contributed by atoms with van der Waals surface area (Å²) in [5.41, 5.74) is -0.239. The molecule has 0 amide bonds. The van der Waals surface area contributed by atoms with Gasteiger partial charge in [-0.05, 0) is 31.0 Å². The number of benzene rings is 1. The maximum absolute atomic E-state index is 13.0. The molecule has 4 aromatic rings. The molecular formula is C22H22F3N6O2. The van der Waals surface area contributed by atoms with Crippen molar-refractivity contribution in [1.82, 2.24) is 28.5 Å². The Hall–Kier alpha value is -3.63. The monoisotopic (exact) mass is 459 g/mol. The maximum atomic E-state index is 13.0. The fraction of sp³-hybridized carbons (Fsp3) is 0.318. The third-order valence-corrected chi connectivity index (χ3v) is 5.37. The van der Waals surface area contributed by atoms with Crippen molar-refractivity contribution >= 4 is 11.2 Å². The van der Waals surface area contributed by atoms with Gasteiger partial charge >= 0.3 is 11.9 Å². The van der Waals surface area contributed by atoms with Gasteiger partial charge in [-0.3, -0.25) is 18.6 Å². The number of aryl methyl sites for hydroxylation is 1. The number of aromatic nitrogens is 6. The highest BCUT2D eigenvalue weighted by atomic mass is 19.4. The second kappa shape index (κ2) is 8.38.